The molecule has 19 heavy (non-hydrogen) atoms. The van der Waals surface area contributed by atoms with E-state index in [9.17, 15) is 13.2 Å². The third kappa shape index (κ3) is 2.70. The number of pyridine rings is 1. The minimum atomic E-state index is -4.32. The highest BCUT2D eigenvalue weighted by Gasteiger charge is 2.30. The summed E-state index contributed by atoms with van der Waals surface area (Å²) >= 11 is 0. The van der Waals surface area contributed by atoms with E-state index in [0.717, 1.165) is 23.3 Å². The zero-order valence-electron chi connectivity index (χ0n) is 10.5. The third-order valence-corrected chi connectivity index (χ3v) is 2.95. The first-order valence-electron chi connectivity index (χ1n) is 5.70. The number of hydrogen-bond acceptors (Lipinski definition) is 2. The van der Waals surface area contributed by atoms with Crippen molar-refractivity contribution in [2.24, 2.45) is 0 Å². The lowest BCUT2D eigenvalue weighted by Crippen LogP contribution is -2.05. The molecule has 0 saturated heterocycles. The summed E-state index contributed by atoms with van der Waals surface area (Å²) in [6, 6.07) is 7.11. The third-order valence-electron chi connectivity index (χ3n) is 2.95. The Morgan fingerprint density at radius 2 is 1.63 bits per heavy atom. The average molecular weight is 266 g/mol. The number of hydrogen-bond donors (Lipinski definition) is 1. The number of nitrogens with zero attached hydrogens (tertiary/aromatic N) is 1. The van der Waals surface area contributed by atoms with E-state index in [0.29, 0.717) is 17.1 Å². The zero-order chi connectivity index (χ0) is 14.2. The Kier molecular flexibility index (Phi) is 3.22. The summed E-state index contributed by atoms with van der Waals surface area (Å²) in [4.78, 5) is 4.12. The molecule has 0 amide bonds. The maximum Gasteiger partial charge on any atom is 0.416 e. The summed E-state index contributed by atoms with van der Waals surface area (Å²) in [6.45, 7) is 3.43. The van der Waals surface area contributed by atoms with Crippen molar-refractivity contribution in [3.05, 3.63) is 47.2 Å². The van der Waals surface area contributed by atoms with Crippen molar-refractivity contribution in [3.8, 4) is 11.1 Å². The van der Waals surface area contributed by atoms with Gasteiger partial charge in [0.05, 0.1) is 5.56 Å². The van der Waals surface area contributed by atoms with Gasteiger partial charge in [0.2, 0.25) is 0 Å². The summed E-state index contributed by atoms with van der Waals surface area (Å²) in [5.41, 5.74) is 7.70. The Morgan fingerprint density at radius 3 is 2.16 bits per heavy atom. The quantitative estimate of drug-likeness (QED) is 0.848. The topological polar surface area (TPSA) is 38.9 Å². The second kappa shape index (κ2) is 4.57. The van der Waals surface area contributed by atoms with Crippen LogP contribution in [0.3, 0.4) is 0 Å². The maximum absolute atomic E-state index is 12.6. The first kappa shape index (κ1) is 13.4. The van der Waals surface area contributed by atoms with Gasteiger partial charge >= 0.3 is 6.18 Å². The molecule has 1 aromatic carbocycles. The molecule has 1 aromatic heterocycles. The molecular formula is C14H13F3N2. The fraction of sp³-hybridized carbons (Fsp3) is 0.214. The van der Waals surface area contributed by atoms with Gasteiger partial charge in [-0.25, -0.2) is 4.98 Å². The molecule has 0 unspecified atom stereocenters. The number of alkyl halides is 3. The largest absolute Gasteiger partial charge is 0.416 e. The molecule has 2 rings (SSSR count). The van der Waals surface area contributed by atoms with Gasteiger partial charge in [-0.1, -0.05) is 6.07 Å². The van der Waals surface area contributed by atoms with Gasteiger partial charge < -0.3 is 5.73 Å². The Bertz CT molecular complexity index is 619. The van der Waals surface area contributed by atoms with E-state index in [4.69, 9.17) is 5.73 Å². The van der Waals surface area contributed by atoms with Crippen LogP contribution < -0.4 is 5.73 Å². The number of benzene rings is 1. The number of halogens is 3. The van der Waals surface area contributed by atoms with Gasteiger partial charge in [-0.2, -0.15) is 13.2 Å². The van der Waals surface area contributed by atoms with Gasteiger partial charge in [-0.05, 0) is 49.2 Å². The summed E-state index contributed by atoms with van der Waals surface area (Å²) in [5.74, 6) is 0.394. The van der Waals surface area contributed by atoms with Crippen LogP contribution in [0.2, 0.25) is 0 Å². The fourth-order valence-electron chi connectivity index (χ4n) is 2.01. The Morgan fingerprint density at radius 1 is 1.00 bits per heavy atom. The molecule has 0 aliphatic rings. The van der Waals surface area contributed by atoms with E-state index in [1.54, 1.807) is 26.0 Å². The van der Waals surface area contributed by atoms with Crippen molar-refractivity contribution in [2.45, 2.75) is 20.0 Å². The van der Waals surface area contributed by atoms with Crippen LogP contribution in [0.4, 0.5) is 19.0 Å². The molecule has 2 N–H and O–H groups in total. The summed E-state index contributed by atoms with van der Waals surface area (Å²) in [6.07, 6.45) is -4.32. The van der Waals surface area contributed by atoms with E-state index in [-0.39, 0.29) is 0 Å². The number of anilines is 1. The first-order valence-corrected chi connectivity index (χ1v) is 5.70. The van der Waals surface area contributed by atoms with Crippen LogP contribution in [0, 0.1) is 13.8 Å². The normalized spacial score (nSPS) is 11.6. The standard InChI is InChI=1S/C14H13F3N2/c1-8-7-10(14(15,16)17)3-4-11(8)12-5-6-13(18)19-9(12)2/h3-7H,1-2H3,(H2,18,19). The summed E-state index contributed by atoms with van der Waals surface area (Å²) in [7, 11) is 0. The van der Waals surface area contributed by atoms with Crippen molar-refractivity contribution in [1.29, 1.82) is 0 Å². The van der Waals surface area contributed by atoms with Crippen LogP contribution in [0.5, 0.6) is 0 Å². The highest BCUT2D eigenvalue weighted by atomic mass is 19.4. The Hall–Kier alpha value is -2.04. The molecule has 0 bridgehead atoms. The van der Waals surface area contributed by atoms with Crippen LogP contribution in [-0.4, -0.2) is 4.98 Å². The molecule has 0 spiro atoms. The molecule has 2 aromatic rings. The predicted molar refractivity (Wildman–Crippen MR) is 68.6 cm³/mol. The SMILES string of the molecule is Cc1cc(C(F)(F)F)ccc1-c1ccc(N)nc1C. The van der Waals surface area contributed by atoms with Gasteiger partial charge in [-0.3, -0.25) is 0 Å². The molecule has 0 radical (unpaired) electrons. The van der Waals surface area contributed by atoms with E-state index in [1.807, 2.05) is 0 Å². The monoisotopic (exact) mass is 266 g/mol. The second-order valence-electron chi connectivity index (χ2n) is 4.40. The lowest BCUT2D eigenvalue weighted by atomic mass is 9.97. The smallest absolute Gasteiger partial charge is 0.384 e. The van der Waals surface area contributed by atoms with E-state index in [2.05, 4.69) is 4.98 Å². The van der Waals surface area contributed by atoms with Gasteiger partial charge in [-0.15, -0.1) is 0 Å². The highest BCUT2D eigenvalue weighted by molar-refractivity contribution is 5.70. The number of rotatable bonds is 1. The van der Waals surface area contributed by atoms with Crippen molar-refractivity contribution >= 4 is 5.82 Å². The summed E-state index contributed by atoms with van der Waals surface area (Å²) in [5, 5.41) is 0. The van der Waals surface area contributed by atoms with Crippen LogP contribution in [0.25, 0.3) is 11.1 Å². The van der Waals surface area contributed by atoms with Crippen molar-refractivity contribution in [1.82, 2.24) is 4.98 Å². The molecule has 0 fully saturated rings. The van der Waals surface area contributed by atoms with Crippen molar-refractivity contribution in [2.75, 3.05) is 5.73 Å². The minimum Gasteiger partial charge on any atom is -0.384 e. The molecule has 0 atom stereocenters. The van der Waals surface area contributed by atoms with Crippen molar-refractivity contribution in [3.63, 3.8) is 0 Å². The lowest BCUT2D eigenvalue weighted by molar-refractivity contribution is -0.137. The number of aromatic nitrogens is 1. The number of nitrogens with two attached hydrogens (primary N) is 1. The van der Waals surface area contributed by atoms with Crippen LogP contribution in [0.1, 0.15) is 16.8 Å². The van der Waals surface area contributed by atoms with Crippen molar-refractivity contribution < 1.29 is 13.2 Å². The van der Waals surface area contributed by atoms with Crippen LogP contribution in [-0.2, 0) is 6.18 Å². The molecular weight excluding hydrogens is 253 g/mol. The van der Waals surface area contributed by atoms with Gasteiger partial charge in [0, 0.05) is 11.3 Å². The minimum absolute atomic E-state index is 0.394. The fourth-order valence-corrected chi connectivity index (χ4v) is 2.01. The average Bonchev–Trinajstić information content (AvgIpc) is 2.28. The molecule has 5 heteroatoms. The molecule has 1 heterocycles. The first-order chi connectivity index (χ1) is 8.79. The van der Waals surface area contributed by atoms with Gasteiger partial charge in [0.1, 0.15) is 5.82 Å². The predicted octanol–water partition coefficient (Wildman–Crippen LogP) is 3.97. The van der Waals surface area contributed by atoms with Gasteiger partial charge in [0.15, 0.2) is 0 Å². The molecule has 0 saturated carbocycles. The van der Waals surface area contributed by atoms with E-state index in [1.165, 1.54) is 6.07 Å². The van der Waals surface area contributed by atoms with E-state index < -0.39 is 11.7 Å². The highest BCUT2D eigenvalue weighted by Crippen LogP contribution is 2.33. The molecule has 0 aliphatic carbocycles. The number of aryl methyl sites for hydroxylation is 2. The molecule has 100 valence electrons. The van der Waals surface area contributed by atoms with Crippen LogP contribution in [0.15, 0.2) is 30.3 Å². The summed E-state index contributed by atoms with van der Waals surface area (Å²) < 4.78 is 37.8. The van der Waals surface area contributed by atoms with Crippen LogP contribution >= 0.6 is 0 Å². The lowest BCUT2D eigenvalue weighted by Gasteiger charge is -2.12. The van der Waals surface area contributed by atoms with E-state index >= 15 is 0 Å². The Balaban J connectivity index is 2.52. The maximum atomic E-state index is 12.6. The molecule has 0 aliphatic heterocycles. The molecule has 2 nitrogen and oxygen atoms in total. The van der Waals surface area contributed by atoms with Gasteiger partial charge in [0.25, 0.3) is 0 Å². The second-order valence-corrected chi connectivity index (χ2v) is 4.40. The zero-order valence-corrected chi connectivity index (χ0v) is 10.5. The Labute approximate surface area is 109 Å². The number of nitrogen functional groups attached to an aromatic ring is 1.